The molecule has 186 valence electrons. The molecule has 0 unspecified atom stereocenters. The van der Waals surface area contributed by atoms with Crippen molar-refractivity contribution in [2.45, 2.75) is 24.8 Å². The van der Waals surface area contributed by atoms with Crippen molar-refractivity contribution in [1.82, 2.24) is 0 Å². The average Bonchev–Trinajstić information content (AvgIpc) is 3.44. The van der Waals surface area contributed by atoms with Gasteiger partial charge in [-0.05, 0) is 30.7 Å². The summed E-state index contributed by atoms with van der Waals surface area (Å²) < 4.78 is 46.3. The highest BCUT2D eigenvalue weighted by Crippen LogP contribution is 2.57. The lowest BCUT2D eigenvalue weighted by Crippen LogP contribution is -2.51. The second kappa shape index (κ2) is 7.69. The third-order valence-electron chi connectivity index (χ3n) is 7.36. The fourth-order valence-corrected chi connectivity index (χ4v) is 5.65. The molecule has 0 saturated carbocycles. The van der Waals surface area contributed by atoms with Gasteiger partial charge in [0.05, 0.1) is 29.2 Å². The number of fused-ring (bicyclic) bond motifs is 3. The first-order valence-corrected chi connectivity index (χ1v) is 11.5. The van der Waals surface area contributed by atoms with Gasteiger partial charge < -0.3 is 4.74 Å². The lowest BCUT2D eigenvalue weighted by atomic mass is 9.77. The number of halogens is 3. The number of benzene rings is 3. The molecule has 2 saturated heterocycles. The van der Waals surface area contributed by atoms with Crippen LogP contribution in [0.15, 0.2) is 72.8 Å². The summed E-state index contributed by atoms with van der Waals surface area (Å²) in [6, 6.07) is 16.8. The molecule has 9 heteroatoms. The Labute approximate surface area is 208 Å². The normalized spacial score (nSPS) is 24.2. The summed E-state index contributed by atoms with van der Waals surface area (Å²) >= 11 is 0. The SMILES string of the molecule is Cc1ccc([C@@H]2OC3(C(=O)c4ccccc4C3=O)[C@H]3C(=O)N(c4cccc(C(F)(F)F)c4)C(=O)[C@H]23)cc1. The van der Waals surface area contributed by atoms with E-state index in [0.29, 0.717) is 16.5 Å². The van der Waals surface area contributed by atoms with Crippen molar-refractivity contribution in [2.75, 3.05) is 4.90 Å². The van der Waals surface area contributed by atoms with E-state index >= 15 is 0 Å². The number of ether oxygens (including phenoxy) is 1. The maximum Gasteiger partial charge on any atom is 0.416 e. The Bertz CT molecular complexity index is 1480. The molecule has 3 aromatic rings. The van der Waals surface area contributed by atoms with Crippen LogP contribution in [0.2, 0.25) is 0 Å². The van der Waals surface area contributed by atoms with Crippen LogP contribution in [0.25, 0.3) is 0 Å². The molecule has 2 fully saturated rings. The first kappa shape index (κ1) is 23.3. The lowest BCUT2D eigenvalue weighted by Gasteiger charge is -2.27. The van der Waals surface area contributed by atoms with Crippen molar-refractivity contribution in [3.63, 3.8) is 0 Å². The van der Waals surface area contributed by atoms with Crippen molar-refractivity contribution < 1.29 is 37.1 Å². The number of anilines is 1. The number of carbonyl (C=O) groups excluding carboxylic acids is 4. The Morgan fingerprint density at radius 3 is 2.03 bits per heavy atom. The highest BCUT2D eigenvalue weighted by atomic mass is 19.4. The number of imide groups is 1. The molecule has 1 aliphatic carbocycles. The molecule has 37 heavy (non-hydrogen) atoms. The number of alkyl halides is 3. The fraction of sp³-hybridized carbons (Fsp3) is 0.214. The summed E-state index contributed by atoms with van der Waals surface area (Å²) in [6.45, 7) is 1.85. The van der Waals surface area contributed by atoms with E-state index in [2.05, 4.69) is 0 Å². The molecule has 2 amide bonds. The standard InChI is InChI=1S/C28H18F3NO5/c1-14-9-11-15(12-10-14)22-20-21(27(37-22)23(33)18-7-2-3-8-19(18)24(27)34)26(36)32(25(20)35)17-6-4-5-16(13-17)28(29,30)31/h2-13,20-22H,1H3/t20-,21+,22-/m0/s1. The van der Waals surface area contributed by atoms with Crippen LogP contribution in [-0.4, -0.2) is 29.0 Å². The van der Waals surface area contributed by atoms with Crippen molar-refractivity contribution in [3.05, 3.63) is 101 Å². The van der Waals surface area contributed by atoms with Crippen molar-refractivity contribution in [3.8, 4) is 0 Å². The number of rotatable bonds is 2. The number of Topliss-reactive ketones (excluding diaryl/α,β-unsaturated/α-hetero) is 2. The molecule has 2 aliphatic heterocycles. The van der Waals surface area contributed by atoms with Crippen LogP contribution in [-0.2, 0) is 20.5 Å². The van der Waals surface area contributed by atoms with E-state index in [0.717, 1.165) is 17.7 Å². The van der Waals surface area contributed by atoms with Crippen LogP contribution >= 0.6 is 0 Å². The Morgan fingerprint density at radius 2 is 1.43 bits per heavy atom. The van der Waals surface area contributed by atoms with Crippen molar-refractivity contribution in [1.29, 1.82) is 0 Å². The number of hydrogen-bond donors (Lipinski definition) is 0. The summed E-state index contributed by atoms with van der Waals surface area (Å²) in [6.07, 6.45) is -5.84. The molecule has 6 nitrogen and oxygen atoms in total. The Hall–Kier alpha value is -4.11. The molecule has 0 aromatic heterocycles. The summed E-state index contributed by atoms with van der Waals surface area (Å²) in [5.41, 5.74) is -2.07. The van der Waals surface area contributed by atoms with Crippen LogP contribution in [0.4, 0.5) is 18.9 Å². The Morgan fingerprint density at radius 1 is 0.811 bits per heavy atom. The molecule has 0 radical (unpaired) electrons. The smallest absolute Gasteiger partial charge is 0.349 e. The van der Waals surface area contributed by atoms with E-state index in [1.54, 1.807) is 36.4 Å². The maximum atomic E-state index is 13.8. The van der Waals surface area contributed by atoms with Gasteiger partial charge in [-0.2, -0.15) is 13.2 Å². The van der Waals surface area contributed by atoms with Gasteiger partial charge in [0.15, 0.2) is 0 Å². The highest BCUT2D eigenvalue weighted by Gasteiger charge is 2.74. The molecule has 3 aliphatic rings. The molecule has 2 heterocycles. The second-order valence-corrected chi connectivity index (χ2v) is 9.45. The van der Waals surface area contributed by atoms with E-state index in [-0.39, 0.29) is 16.8 Å². The molecule has 0 N–H and O–H groups in total. The summed E-state index contributed by atoms with van der Waals surface area (Å²) in [5.74, 6) is -6.05. The highest BCUT2D eigenvalue weighted by molar-refractivity contribution is 6.37. The maximum absolute atomic E-state index is 13.8. The topological polar surface area (TPSA) is 80.8 Å². The Kier molecular flexibility index (Phi) is 4.84. The molecule has 3 atom stereocenters. The van der Waals surface area contributed by atoms with Gasteiger partial charge >= 0.3 is 6.18 Å². The number of hydrogen-bond acceptors (Lipinski definition) is 5. The van der Waals surface area contributed by atoms with Gasteiger partial charge in [-0.1, -0.05) is 60.2 Å². The van der Waals surface area contributed by atoms with Crippen molar-refractivity contribution in [2.24, 2.45) is 11.8 Å². The second-order valence-electron chi connectivity index (χ2n) is 9.45. The van der Waals surface area contributed by atoms with Crippen molar-refractivity contribution >= 4 is 29.1 Å². The van der Waals surface area contributed by atoms with E-state index in [4.69, 9.17) is 4.74 Å². The summed E-state index contributed by atoms with van der Waals surface area (Å²) in [5, 5.41) is 0. The van der Waals surface area contributed by atoms with Gasteiger partial charge in [0.25, 0.3) is 0 Å². The predicted octanol–water partition coefficient (Wildman–Crippen LogP) is 4.71. The monoisotopic (exact) mass is 505 g/mol. The minimum Gasteiger partial charge on any atom is -0.349 e. The van der Waals surface area contributed by atoms with Crippen LogP contribution < -0.4 is 4.90 Å². The van der Waals surface area contributed by atoms with Crippen LogP contribution in [0.3, 0.4) is 0 Å². The first-order chi connectivity index (χ1) is 17.6. The van der Waals surface area contributed by atoms with Gasteiger partial charge in [0.2, 0.25) is 29.0 Å². The molecule has 1 spiro atoms. The number of nitrogens with zero attached hydrogens (tertiary/aromatic N) is 1. The number of aryl methyl sites for hydroxylation is 1. The Balaban J connectivity index is 1.53. The zero-order valence-electron chi connectivity index (χ0n) is 19.3. The molecule has 0 bridgehead atoms. The third kappa shape index (κ3) is 3.10. The summed E-state index contributed by atoms with van der Waals surface area (Å²) in [4.78, 5) is 55.7. The van der Waals surface area contributed by atoms with Gasteiger partial charge in [0, 0.05) is 11.1 Å². The van der Waals surface area contributed by atoms with Gasteiger partial charge in [-0.15, -0.1) is 0 Å². The lowest BCUT2D eigenvalue weighted by molar-refractivity contribution is -0.137. The zero-order chi connectivity index (χ0) is 26.3. The number of carbonyl (C=O) groups is 4. The first-order valence-electron chi connectivity index (χ1n) is 11.5. The minimum absolute atomic E-state index is 0.0774. The third-order valence-corrected chi connectivity index (χ3v) is 7.36. The average molecular weight is 505 g/mol. The van der Waals surface area contributed by atoms with E-state index < -0.39 is 58.7 Å². The minimum atomic E-state index is -4.70. The number of amides is 2. The fourth-order valence-electron chi connectivity index (χ4n) is 5.65. The molecule has 3 aromatic carbocycles. The largest absolute Gasteiger partial charge is 0.416 e. The van der Waals surface area contributed by atoms with E-state index in [9.17, 15) is 32.3 Å². The van der Waals surface area contributed by atoms with Gasteiger partial charge in [-0.3, -0.25) is 19.2 Å². The predicted molar refractivity (Wildman–Crippen MR) is 124 cm³/mol. The zero-order valence-corrected chi connectivity index (χ0v) is 19.3. The van der Waals surface area contributed by atoms with Crippen LogP contribution in [0.5, 0.6) is 0 Å². The van der Waals surface area contributed by atoms with Crippen LogP contribution in [0.1, 0.15) is 43.5 Å². The summed E-state index contributed by atoms with van der Waals surface area (Å²) in [7, 11) is 0. The molecular formula is C28H18F3NO5. The van der Waals surface area contributed by atoms with E-state index in [1.807, 2.05) is 6.92 Å². The van der Waals surface area contributed by atoms with Crippen LogP contribution in [0, 0.1) is 18.8 Å². The molecular weight excluding hydrogens is 487 g/mol. The van der Waals surface area contributed by atoms with E-state index in [1.165, 1.54) is 18.2 Å². The molecule has 6 rings (SSSR count). The van der Waals surface area contributed by atoms with Gasteiger partial charge in [-0.25, -0.2) is 4.90 Å². The van der Waals surface area contributed by atoms with Gasteiger partial charge in [0.1, 0.15) is 0 Å². The quantitative estimate of drug-likeness (QED) is 0.372. The number of ketones is 2.